The highest BCUT2D eigenvalue weighted by Gasteiger charge is 2.65. The van der Waals surface area contributed by atoms with Gasteiger partial charge in [0.1, 0.15) is 17.6 Å². The Morgan fingerprint density at radius 2 is 1.36 bits per heavy atom. The number of para-hydroxylation sites is 1. The molecule has 42 heavy (non-hydrogen) atoms. The van der Waals surface area contributed by atoms with Crippen LogP contribution in [-0.4, -0.2) is 35.7 Å². The zero-order valence-corrected chi connectivity index (χ0v) is 22.1. The zero-order chi connectivity index (χ0) is 29.0. The number of hydrogen-bond donors (Lipinski definition) is 0. The van der Waals surface area contributed by atoms with Crippen LogP contribution < -0.4 is 14.5 Å². The van der Waals surface area contributed by atoms with Crippen LogP contribution in [0.15, 0.2) is 109 Å². The Bertz CT molecular complexity index is 1770. The summed E-state index contributed by atoms with van der Waals surface area (Å²) in [6.07, 6.45) is 3.73. The van der Waals surface area contributed by atoms with Crippen molar-refractivity contribution in [2.45, 2.75) is 12.1 Å². The molecule has 3 aliphatic heterocycles. The quantitative estimate of drug-likeness (QED) is 0.148. The Morgan fingerprint density at radius 3 is 2.10 bits per heavy atom. The minimum Gasteiger partial charge on any atom is -0.425 e. The third-order valence-corrected chi connectivity index (χ3v) is 8.11. The number of ether oxygens (including phenoxy) is 1. The second-order valence-electron chi connectivity index (χ2n) is 10.4. The van der Waals surface area contributed by atoms with Crippen LogP contribution in [-0.2, 0) is 14.4 Å². The number of fused-ring (bicyclic) bond motifs is 5. The molecule has 4 atom stereocenters. The molecule has 3 heterocycles. The van der Waals surface area contributed by atoms with Crippen LogP contribution in [0.5, 0.6) is 5.75 Å². The summed E-state index contributed by atoms with van der Waals surface area (Å²) in [7, 11) is 0. The molecule has 2 fully saturated rings. The molecule has 7 nitrogen and oxygen atoms in total. The van der Waals surface area contributed by atoms with Gasteiger partial charge < -0.3 is 9.64 Å². The number of amides is 2. The second-order valence-corrected chi connectivity index (χ2v) is 10.4. The van der Waals surface area contributed by atoms with Gasteiger partial charge in [-0.3, -0.25) is 14.4 Å². The standard InChI is InChI=1S/C34H23FN2O5/c35-23-13-15-24(16-14-23)36-32(39)28-27-19-12-20-6-4-5-9-26(20)37(27)30(29(28)33(36)40)34(41)42-25-17-10-22(11-18-25)31(38)21-7-2-1-3-8-21/h1-19,27-30H/t27-,28-,29-,30-/m1/s1. The van der Waals surface area contributed by atoms with E-state index >= 15 is 0 Å². The van der Waals surface area contributed by atoms with E-state index in [1.165, 1.54) is 36.4 Å². The average molecular weight is 559 g/mol. The first kappa shape index (κ1) is 25.6. The van der Waals surface area contributed by atoms with Crippen LogP contribution in [0.1, 0.15) is 21.5 Å². The maximum absolute atomic E-state index is 13.9. The van der Waals surface area contributed by atoms with E-state index in [9.17, 15) is 23.6 Å². The molecule has 0 aromatic heterocycles. The molecule has 0 unspecified atom stereocenters. The van der Waals surface area contributed by atoms with Crippen LogP contribution in [0.4, 0.5) is 15.8 Å². The molecule has 0 bridgehead atoms. The van der Waals surface area contributed by atoms with Gasteiger partial charge in [0.25, 0.3) is 0 Å². The van der Waals surface area contributed by atoms with E-state index < -0.39 is 47.5 Å². The minimum absolute atomic E-state index is 0.164. The van der Waals surface area contributed by atoms with E-state index in [0.717, 1.165) is 16.2 Å². The minimum atomic E-state index is -1.10. The van der Waals surface area contributed by atoms with Gasteiger partial charge in [0.2, 0.25) is 11.8 Å². The largest absolute Gasteiger partial charge is 0.425 e. The maximum atomic E-state index is 13.9. The predicted octanol–water partition coefficient (Wildman–Crippen LogP) is 5.05. The molecule has 0 spiro atoms. The number of carbonyl (C=O) groups excluding carboxylic acids is 4. The van der Waals surface area contributed by atoms with Crippen molar-refractivity contribution in [2.24, 2.45) is 11.8 Å². The van der Waals surface area contributed by atoms with Crippen molar-refractivity contribution in [2.75, 3.05) is 9.80 Å². The number of carbonyl (C=O) groups is 4. The number of rotatable bonds is 5. The summed E-state index contributed by atoms with van der Waals surface area (Å²) in [5.74, 6) is -3.99. The summed E-state index contributed by atoms with van der Waals surface area (Å²) >= 11 is 0. The molecule has 0 N–H and O–H groups in total. The first-order valence-electron chi connectivity index (χ1n) is 13.5. The van der Waals surface area contributed by atoms with Gasteiger partial charge in [0, 0.05) is 16.8 Å². The summed E-state index contributed by atoms with van der Waals surface area (Å²) in [6.45, 7) is 0. The molecule has 0 saturated carbocycles. The van der Waals surface area contributed by atoms with Crippen LogP contribution in [0.3, 0.4) is 0 Å². The molecule has 4 aromatic carbocycles. The normalized spacial score (nSPS) is 22.0. The first-order chi connectivity index (χ1) is 20.4. The first-order valence-corrected chi connectivity index (χ1v) is 13.5. The SMILES string of the molecule is O=C(c1ccccc1)c1ccc(OC(=O)[C@H]2[C@@H]3C(=O)N(c4ccc(F)cc4)C(=O)[C@@H]3[C@H]3C=Cc4ccccc4N32)cc1. The smallest absolute Gasteiger partial charge is 0.335 e. The van der Waals surface area contributed by atoms with E-state index in [4.69, 9.17) is 4.74 Å². The van der Waals surface area contributed by atoms with Gasteiger partial charge in [-0.25, -0.2) is 14.1 Å². The summed E-state index contributed by atoms with van der Waals surface area (Å²) in [5, 5.41) is 0. The zero-order valence-electron chi connectivity index (χ0n) is 22.1. The van der Waals surface area contributed by atoms with Crippen LogP contribution >= 0.6 is 0 Å². The van der Waals surface area contributed by atoms with E-state index in [-0.39, 0.29) is 17.2 Å². The predicted molar refractivity (Wildman–Crippen MR) is 153 cm³/mol. The number of halogens is 1. The monoisotopic (exact) mass is 558 g/mol. The molecule has 7 rings (SSSR count). The molecule has 2 saturated heterocycles. The number of esters is 1. The fraction of sp³-hybridized carbons (Fsp3) is 0.118. The Labute approximate surface area is 240 Å². The number of ketones is 1. The highest BCUT2D eigenvalue weighted by molar-refractivity contribution is 6.24. The van der Waals surface area contributed by atoms with Gasteiger partial charge in [-0.05, 0) is 60.2 Å². The van der Waals surface area contributed by atoms with Gasteiger partial charge in [0.15, 0.2) is 5.78 Å². The van der Waals surface area contributed by atoms with Crippen LogP contribution in [0.2, 0.25) is 0 Å². The summed E-state index contributed by atoms with van der Waals surface area (Å²) < 4.78 is 19.4. The Balaban J connectivity index is 1.22. The van der Waals surface area contributed by atoms with Crippen molar-refractivity contribution in [3.63, 3.8) is 0 Å². The van der Waals surface area contributed by atoms with E-state index in [2.05, 4.69) is 0 Å². The molecule has 0 radical (unpaired) electrons. The molecule has 0 aliphatic carbocycles. The fourth-order valence-corrected chi connectivity index (χ4v) is 6.24. The van der Waals surface area contributed by atoms with Crippen LogP contribution in [0.25, 0.3) is 6.08 Å². The highest BCUT2D eigenvalue weighted by atomic mass is 19.1. The van der Waals surface area contributed by atoms with Gasteiger partial charge in [-0.15, -0.1) is 0 Å². The molecule has 4 aromatic rings. The van der Waals surface area contributed by atoms with Crippen molar-refractivity contribution < 1.29 is 28.3 Å². The third kappa shape index (κ3) is 4.03. The summed E-state index contributed by atoms with van der Waals surface area (Å²) in [6, 6.07) is 26.0. The van der Waals surface area contributed by atoms with Gasteiger partial charge in [-0.2, -0.15) is 0 Å². The summed E-state index contributed by atoms with van der Waals surface area (Å²) in [5.41, 5.74) is 2.80. The van der Waals surface area contributed by atoms with E-state index in [0.29, 0.717) is 11.1 Å². The molecule has 206 valence electrons. The highest BCUT2D eigenvalue weighted by Crippen LogP contribution is 2.49. The average Bonchev–Trinajstić information content (AvgIpc) is 3.50. The Kier molecular flexibility index (Phi) is 6.04. The topological polar surface area (TPSA) is 84.0 Å². The molecular formula is C34H23FN2O5. The Hall–Kier alpha value is -5.37. The number of imide groups is 1. The van der Waals surface area contributed by atoms with Gasteiger partial charge >= 0.3 is 5.97 Å². The van der Waals surface area contributed by atoms with E-state index in [1.807, 2.05) is 42.5 Å². The van der Waals surface area contributed by atoms with E-state index in [1.54, 1.807) is 41.3 Å². The van der Waals surface area contributed by atoms with Crippen molar-refractivity contribution in [3.8, 4) is 5.75 Å². The second kappa shape index (κ2) is 9.92. The number of nitrogens with zero attached hydrogens (tertiary/aromatic N) is 2. The van der Waals surface area contributed by atoms with Crippen LogP contribution in [0, 0.1) is 17.7 Å². The lowest BCUT2D eigenvalue weighted by atomic mass is 9.89. The van der Waals surface area contributed by atoms with Crippen molar-refractivity contribution in [3.05, 3.63) is 132 Å². The summed E-state index contributed by atoms with van der Waals surface area (Å²) in [4.78, 5) is 57.2. The van der Waals surface area contributed by atoms with Gasteiger partial charge in [-0.1, -0.05) is 60.7 Å². The molecule has 3 aliphatic rings. The third-order valence-electron chi connectivity index (χ3n) is 8.11. The lowest BCUT2D eigenvalue weighted by Crippen LogP contribution is -2.50. The Morgan fingerprint density at radius 1 is 0.714 bits per heavy atom. The lowest BCUT2D eigenvalue weighted by Gasteiger charge is -2.36. The van der Waals surface area contributed by atoms with Crippen molar-refractivity contribution in [1.82, 2.24) is 0 Å². The van der Waals surface area contributed by atoms with Crippen molar-refractivity contribution in [1.29, 1.82) is 0 Å². The van der Waals surface area contributed by atoms with Gasteiger partial charge in [0.05, 0.1) is 23.6 Å². The number of hydrogen-bond acceptors (Lipinski definition) is 6. The molecular weight excluding hydrogens is 535 g/mol. The lowest BCUT2D eigenvalue weighted by molar-refractivity contribution is -0.139. The maximum Gasteiger partial charge on any atom is 0.335 e. The fourth-order valence-electron chi connectivity index (χ4n) is 6.24. The molecule has 8 heteroatoms. The van der Waals surface area contributed by atoms with Crippen molar-refractivity contribution >= 4 is 41.0 Å². The number of anilines is 2. The number of benzene rings is 4. The molecule has 2 amide bonds.